The molecule has 29 heavy (non-hydrogen) atoms. The molecule has 0 bridgehead atoms. The molecule has 0 saturated carbocycles. The van der Waals surface area contributed by atoms with E-state index in [4.69, 9.17) is 0 Å². The van der Waals surface area contributed by atoms with Gasteiger partial charge in [-0.2, -0.15) is 0 Å². The Morgan fingerprint density at radius 3 is 2.69 bits per heavy atom. The van der Waals surface area contributed by atoms with Gasteiger partial charge >= 0.3 is 0 Å². The van der Waals surface area contributed by atoms with Crippen molar-refractivity contribution in [3.05, 3.63) is 64.7 Å². The third kappa shape index (κ3) is 4.81. The molecule has 2 heterocycles. The molecule has 2 aromatic carbocycles. The van der Waals surface area contributed by atoms with E-state index in [1.54, 1.807) is 0 Å². The summed E-state index contributed by atoms with van der Waals surface area (Å²) in [5.41, 5.74) is 6.42. The van der Waals surface area contributed by atoms with Gasteiger partial charge < -0.3 is 10.2 Å². The van der Waals surface area contributed by atoms with E-state index in [1.807, 2.05) is 12.1 Å². The second-order valence-electron chi connectivity index (χ2n) is 8.64. The molecule has 1 fully saturated rings. The molecule has 2 aliphatic rings. The number of rotatable bonds is 6. The zero-order chi connectivity index (χ0) is 20.2. The summed E-state index contributed by atoms with van der Waals surface area (Å²) in [6.07, 6.45) is 5.39. The average molecular weight is 392 g/mol. The van der Waals surface area contributed by atoms with E-state index in [2.05, 4.69) is 59.4 Å². The summed E-state index contributed by atoms with van der Waals surface area (Å²) in [5.74, 6) is 0.110. The summed E-state index contributed by atoms with van der Waals surface area (Å²) < 4.78 is 0. The second-order valence-corrected chi connectivity index (χ2v) is 8.64. The number of likely N-dealkylation sites (tertiary alicyclic amines) is 1. The standard InChI is InChI=1S/C25H33N3O/c1-19-7-6-8-20(15-19)16-25(29)26-18-24(28-12-4-3-5-13-28)21-9-10-23-22(17-21)11-14-27(23)2/h6-10,15,17,24H,3-5,11-14,16,18H2,1-2H3,(H,26,29)/t24-/m1/s1. The van der Waals surface area contributed by atoms with Crippen LogP contribution in [0.25, 0.3) is 0 Å². The van der Waals surface area contributed by atoms with E-state index in [9.17, 15) is 4.79 Å². The average Bonchev–Trinajstić information content (AvgIpc) is 3.09. The van der Waals surface area contributed by atoms with Crippen molar-refractivity contribution in [2.45, 2.75) is 45.1 Å². The summed E-state index contributed by atoms with van der Waals surface area (Å²) >= 11 is 0. The Balaban J connectivity index is 1.47. The van der Waals surface area contributed by atoms with Gasteiger partial charge in [0.2, 0.25) is 5.91 Å². The number of amides is 1. The maximum atomic E-state index is 12.6. The van der Waals surface area contributed by atoms with Crippen molar-refractivity contribution in [1.82, 2.24) is 10.2 Å². The molecule has 4 rings (SSSR count). The van der Waals surface area contributed by atoms with Gasteiger partial charge in [0, 0.05) is 25.8 Å². The topological polar surface area (TPSA) is 35.6 Å². The molecule has 2 aromatic rings. The van der Waals surface area contributed by atoms with Crippen LogP contribution in [0, 0.1) is 6.92 Å². The molecule has 4 heteroatoms. The third-order valence-electron chi connectivity index (χ3n) is 6.39. The van der Waals surface area contributed by atoms with Crippen LogP contribution in [-0.2, 0) is 17.6 Å². The highest BCUT2D eigenvalue weighted by atomic mass is 16.1. The molecule has 0 radical (unpaired) electrons. The van der Waals surface area contributed by atoms with E-state index in [0.29, 0.717) is 13.0 Å². The van der Waals surface area contributed by atoms with Crippen LogP contribution in [0.1, 0.15) is 47.6 Å². The molecule has 0 aromatic heterocycles. The largest absolute Gasteiger partial charge is 0.374 e. The maximum Gasteiger partial charge on any atom is 0.224 e. The molecule has 4 nitrogen and oxygen atoms in total. The lowest BCUT2D eigenvalue weighted by molar-refractivity contribution is -0.120. The quantitative estimate of drug-likeness (QED) is 0.812. The van der Waals surface area contributed by atoms with E-state index in [1.165, 1.54) is 41.6 Å². The van der Waals surface area contributed by atoms with Gasteiger partial charge in [-0.3, -0.25) is 9.69 Å². The van der Waals surface area contributed by atoms with Crippen molar-refractivity contribution in [3.8, 4) is 0 Å². The van der Waals surface area contributed by atoms with Gasteiger partial charge in [-0.1, -0.05) is 48.4 Å². The van der Waals surface area contributed by atoms with Gasteiger partial charge in [0.15, 0.2) is 0 Å². The number of nitrogens with one attached hydrogen (secondary N) is 1. The molecule has 0 spiro atoms. The predicted molar refractivity (Wildman–Crippen MR) is 119 cm³/mol. The number of fused-ring (bicyclic) bond motifs is 1. The minimum absolute atomic E-state index is 0.110. The number of anilines is 1. The van der Waals surface area contributed by atoms with Crippen molar-refractivity contribution >= 4 is 11.6 Å². The Hall–Kier alpha value is -2.33. The summed E-state index contributed by atoms with van der Waals surface area (Å²) in [5, 5.41) is 3.23. The minimum Gasteiger partial charge on any atom is -0.374 e. The lowest BCUT2D eigenvalue weighted by atomic mass is 9.98. The van der Waals surface area contributed by atoms with Gasteiger partial charge in [-0.25, -0.2) is 0 Å². The Kier molecular flexibility index (Phi) is 6.19. The first-order valence-electron chi connectivity index (χ1n) is 11.0. The molecule has 1 amide bonds. The number of carbonyl (C=O) groups is 1. The van der Waals surface area contributed by atoms with Gasteiger partial charge in [0.1, 0.15) is 0 Å². The molecule has 0 unspecified atom stereocenters. The van der Waals surface area contributed by atoms with Crippen molar-refractivity contribution in [3.63, 3.8) is 0 Å². The van der Waals surface area contributed by atoms with Crippen molar-refractivity contribution in [2.75, 3.05) is 38.1 Å². The lowest BCUT2D eigenvalue weighted by Gasteiger charge is -2.35. The normalized spacial score (nSPS) is 17.8. The molecule has 0 aliphatic carbocycles. The molecule has 2 aliphatic heterocycles. The van der Waals surface area contributed by atoms with Crippen LogP contribution >= 0.6 is 0 Å². The fourth-order valence-corrected chi connectivity index (χ4v) is 4.76. The van der Waals surface area contributed by atoms with Crippen LogP contribution in [0.15, 0.2) is 42.5 Å². The number of piperidine rings is 1. The Bertz CT molecular complexity index is 857. The zero-order valence-electron chi connectivity index (χ0n) is 17.8. The van der Waals surface area contributed by atoms with E-state index in [0.717, 1.165) is 31.6 Å². The van der Waals surface area contributed by atoms with Crippen molar-refractivity contribution < 1.29 is 4.79 Å². The lowest BCUT2D eigenvalue weighted by Crippen LogP contribution is -2.41. The maximum absolute atomic E-state index is 12.6. The van der Waals surface area contributed by atoms with E-state index in [-0.39, 0.29) is 11.9 Å². The first-order chi connectivity index (χ1) is 14.1. The molecule has 1 saturated heterocycles. The van der Waals surface area contributed by atoms with E-state index >= 15 is 0 Å². The molecular weight excluding hydrogens is 358 g/mol. The number of aryl methyl sites for hydroxylation is 1. The molecule has 154 valence electrons. The SMILES string of the molecule is Cc1cccc(CC(=O)NC[C@H](c2ccc3c(c2)CCN3C)N2CCCCC2)c1. The van der Waals surface area contributed by atoms with Gasteiger partial charge in [0.05, 0.1) is 12.5 Å². The van der Waals surface area contributed by atoms with Crippen molar-refractivity contribution in [1.29, 1.82) is 0 Å². The summed E-state index contributed by atoms with van der Waals surface area (Å²) in [6.45, 7) is 6.09. The van der Waals surface area contributed by atoms with Crippen LogP contribution in [0.4, 0.5) is 5.69 Å². The highest BCUT2D eigenvalue weighted by Crippen LogP contribution is 2.32. The van der Waals surface area contributed by atoms with Gasteiger partial charge in [0.25, 0.3) is 0 Å². The van der Waals surface area contributed by atoms with Crippen LogP contribution < -0.4 is 10.2 Å². The third-order valence-corrected chi connectivity index (χ3v) is 6.39. The van der Waals surface area contributed by atoms with Crippen molar-refractivity contribution in [2.24, 2.45) is 0 Å². The Morgan fingerprint density at radius 1 is 1.07 bits per heavy atom. The van der Waals surface area contributed by atoms with Crippen LogP contribution in [0.3, 0.4) is 0 Å². The van der Waals surface area contributed by atoms with Gasteiger partial charge in [-0.05, 0) is 62.0 Å². The fourth-order valence-electron chi connectivity index (χ4n) is 4.76. The highest BCUT2D eigenvalue weighted by molar-refractivity contribution is 5.78. The minimum atomic E-state index is 0.110. The van der Waals surface area contributed by atoms with Crippen LogP contribution in [0.5, 0.6) is 0 Å². The monoisotopic (exact) mass is 391 g/mol. The fraction of sp³-hybridized carbons (Fsp3) is 0.480. The van der Waals surface area contributed by atoms with Crippen LogP contribution in [-0.4, -0.2) is 44.0 Å². The highest BCUT2D eigenvalue weighted by Gasteiger charge is 2.25. The number of carbonyl (C=O) groups excluding carboxylic acids is 1. The van der Waals surface area contributed by atoms with E-state index < -0.39 is 0 Å². The summed E-state index contributed by atoms with van der Waals surface area (Å²) in [4.78, 5) is 17.5. The first kappa shape index (κ1) is 20.0. The number of benzene rings is 2. The summed E-state index contributed by atoms with van der Waals surface area (Å²) in [6, 6.07) is 15.4. The number of hydrogen-bond donors (Lipinski definition) is 1. The molecular formula is C25H33N3O. The second kappa shape index (κ2) is 9.00. The van der Waals surface area contributed by atoms with Gasteiger partial charge in [-0.15, -0.1) is 0 Å². The Morgan fingerprint density at radius 2 is 1.90 bits per heavy atom. The predicted octanol–water partition coefficient (Wildman–Crippen LogP) is 3.87. The van der Waals surface area contributed by atoms with Crippen LogP contribution in [0.2, 0.25) is 0 Å². The molecule has 1 N–H and O–H groups in total. The zero-order valence-corrected chi connectivity index (χ0v) is 17.8. The Labute approximate surface area is 174 Å². The first-order valence-corrected chi connectivity index (χ1v) is 11.0. The molecule has 1 atom stereocenters. The summed E-state index contributed by atoms with van der Waals surface area (Å²) in [7, 11) is 2.17. The number of hydrogen-bond acceptors (Lipinski definition) is 3. The smallest absolute Gasteiger partial charge is 0.224 e. The number of likely N-dealkylation sites (N-methyl/N-ethyl adjacent to an activating group) is 1. The number of nitrogens with zero attached hydrogens (tertiary/aromatic N) is 2.